The van der Waals surface area contributed by atoms with Crippen LogP contribution in [0.3, 0.4) is 0 Å². The van der Waals surface area contributed by atoms with E-state index < -0.39 is 22.8 Å². The molecule has 0 unspecified atom stereocenters. The first-order valence-electron chi connectivity index (χ1n) is 5.03. The zero-order chi connectivity index (χ0) is 15.3. The SMILES string of the molecule is COc1cc(/C=C/[N+](=O)[O-])ccc1OC(=O)C(F)(F)F. The van der Waals surface area contributed by atoms with Crippen molar-refractivity contribution in [1.29, 1.82) is 0 Å². The zero-order valence-electron chi connectivity index (χ0n) is 10.0. The fourth-order valence-electron chi connectivity index (χ4n) is 1.18. The highest BCUT2D eigenvalue weighted by Crippen LogP contribution is 2.30. The van der Waals surface area contributed by atoms with E-state index in [0.717, 1.165) is 19.3 Å². The van der Waals surface area contributed by atoms with Gasteiger partial charge in [0, 0.05) is 6.08 Å². The van der Waals surface area contributed by atoms with Crippen LogP contribution in [-0.2, 0) is 4.79 Å². The Morgan fingerprint density at radius 1 is 1.35 bits per heavy atom. The molecule has 0 saturated heterocycles. The van der Waals surface area contributed by atoms with Crippen LogP contribution in [0.15, 0.2) is 24.4 Å². The summed E-state index contributed by atoms with van der Waals surface area (Å²) in [6.07, 6.45) is -3.37. The number of nitro groups is 1. The maximum atomic E-state index is 12.1. The maximum Gasteiger partial charge on any atom is 0.491 e. The second-order valence-electron chi connectivity index (χ2n) is 3.40. The molecule has 0 aromatic heterocycles. The minimum atomic E-state index is -5.13. The third kappa shape index (κ3) is 4.26. The van der Waals surface area contributed by atoms with Crippen molar-refractivity contribution in [2.24, 2.45) is 0 Å². The molecule has 0 aliphatic rings. The molecular formula is C11H8F3NO5. The van der Waals surface area contributed by atoms with E-state index in [1.165, 1.54) is 12.1 Å². The first-order chi connectivity index (χ1) is 9.24. The van der Waals surface area contributed by atoms with Gasteiger partial charge in [0.15, 0.2) is 11.5 Å². The molecule has 9 heteroatoms. The number of esters is 1. The molecule has 1 aromatic carbocycles. The van der Waals surface area contributed by atoms with E-state index in [9.17, 15) is 28.1 Å². The predicted octanol–water partition coefficient (Wildman–Crippen LogP) is 2.41. The van der Waals surface area contributed by atoms with Gasteiger partial charge in [0.1, 0.15) is 0 Å². The number of methoxy groups -OCH3 is 1. The van der Waals surface area contributed by atoms with Gasteiger partial charge in [0.25, 0.3) is 0 Å². The molecule has 0 N–H and O–H groups in total. The Kier molecular flexibility index (Phi) is 4.68. The summed E-state index contributed by atoms with van der Waals surface area (Å²) >= 11 is 0. The van der Waals surface area contributed by atoms with Gasteiger partial charge in [-0.3, -0.25) is 10.1 Å². The Balaban J connectivity index is 3.00. The minimum Gasteiger partial charge on any atom is -0.493 e. The van der Waals surface area contributed by atoms with E-state index >= 15 is 0 Å². The van der Waals surface area contributed by atoms with Crippen LogP contribution in [0.4, 0.5) is 13.2 Å². The summed E-state index contributed by atoms with van der Waals surface area (Å²) in [6, 6.07) is 3.47. The standard InChI is InChI=1S/C11H8F3NO5/c1-19-9-6-7(4-5-15(17)18)2-3-8(9)20-10(16)11(12,13)14/h2-6H,1H3/b5-4+. The molecule has 0 aliphatic heterocycles. The van der Waals surface area contributed by atoms with Crippen molar-refractivity contribution in [3.8, 4) is 11.5 Å². The number of ether oxygens (including phenoxy) is 2. The lowest BCUT2D eigenvalue weighted by molar-refractivity contribution is -0.400. The Hall–Kier alpha value is -2.58. The molecule has 0 saturated carbocycles. The highest BCUT2D eigenvalue weighted by atomic mass is 19.4. The number of benzene rings is 1. The molecule has 0 heterocycles. The lowest BCUT2D eigenvalue weighted by atomic mass is 10.2. The topological polar surface area (TPSA) is 78.7 Å². The van der Waals surface area contributed by atoms with Crippen molar-refractivity contribution < 1.29 is 32.4 Å². The second kappa shape index (κ2) is 6.04. The summed E-state index contributed by atoms with van der Waals surface area (Å²) < 4.78 is 45.1. The van der Waals surface area contributed by atoms with E-state index in [-0.39, 0.29) is 5.75 Å². The summed E-state index contributed by atoms with van der Waals surface area (Å²) in [4.78, 5) is 20.1. The monoisotopic (exact) mass is 291 g/mol. The highest BCUT2D eigenvalue weighted by Gasteiger charge is 2.41. The number of carbonyl (C=O) groups is 1. The third-order valence-electron chi connectivity index (χ3n) is 2.01. The Labute approximate surface area is 110 Å². The van der Waals surface area contributed by atoms with Crippen molar-refractivity contribution in [2.45, 2.75) is 6.18 Å². The van der Waals surface area contributed by atoms with Crippen LogP contribution < -0.4 is 9.47 Å². The summed E-state index contributed by atoms with van der Waals surface area (Å²) in [6.45, 7) is 0. The average molecular weight is 291 g/mol. The van der Waals surface area contributed by atoms with Gasteiger partial charge in [-0.15, -0.1) is 0 Å². The molecule has 0 amide bonds. The average Bonchev–Trinajstić information content (AvgIpc) is 2.36. The first kappa shape index (κ1) is 15.5. The largest absolute Gasteiger partial charge is 0.493 e. The van der Waals surface area contributed by atoms with Gasteiger partial charge in [-0.1, -0.05) is 6.07 Å². The van der Waals surface area contributed by atoms with Crippen LogP contribution >= 0.6 is 0 Å². The smallest absolute Gasteiger partial charge is 0.491 e. The van der Waals surface area contributed by atoms with E-state index in [4.69, 9.17) is 4.74 Å². The Morgan fingerprint density at radius 2 is 2.00 bits per heavy atom. The quantitative estimate of drug-likeness (QED) is 0.368. The summed E-state index contributed by atoms with van der Waals surface area (Å²) in [5.41, 5.74) is 0.297. The number of halogens is 3. The number of alkyl halides is 3. The molecule has 0 radical (unpaired) electrons. The molecule has 20 heavy (non-hydrogen) atoms. The Bertz CT molecular complexity index is 553. The highest BCUT2D eigenvalue weighted by molar-refractivity contribution is 5.79. The number of carbonyl (C=O) groups excluding carboxylic acids is 1. The van der Waals surface area contributed by atoms with Crippen LogP contribution in [0, 0.1) is 10.1 Å². The van der Waals surface area contributed by atoms with Crippen molar-refractivity contribution in [2.75, 3.05) is 7.11 Å². The molecule has 108 valence electrons. The van der Waals surface area contributed by atoms with Gasteiger partial charge in [0.05, 0.1) is 12.0 Å². The molecular weight excluding hydrogens is 283 g/mol. The summed E-state index contributed by atoms with van der Waals surface area (Å²) in [5.74, 6) is -2.98. The van der Waals surface area contributed by atoms with E-state index in [1.54, 1.807) is 0 Å². The van der Waals surface area contributed by atoms with E-state index in [2.05, 4.69) is 4.74 Å². The van der Waals surface area contributed by atoms with E-state index in [1.807, 2.05) is 0 Å². The molecule has 1 rings (SSSR count). The lowest BCUT2D eigenvalue weighted by Crippen LogP contribution is -2.28. The van der Waals surface area contributed by atoms with Gasteiger partial charge >= 0.3 is 12.1 Å². The van der Waals surface area contributed by atoms with Crippen LogP contribution in [-0.4, -0.2) is 24.2 Å². The molecule has 0 atom stereocenters. The fourth-order valence-corrected chi connectivity index (χ4v) is 1.18. The molecule has 0 bridgehead atoms. The van der Waals surface area contributed by atoms with Gasteiger partial charge in [0.2, 0.25) is 6.20 Å². The number of nitrogens with zero attached hydrogens (tertiary/aromatic N) is 1. The van der Waals surface area contributed by atoms with Crippen LogP contribution in [0.1, 0.15) is 5.56 Å². The van der Waals surface area contributed by atoms with E-state index in [0.29, 0.717) is 11.8 Å². The van der Waals surface area contributed by atoms with Gasteiger partial charge in [-0.2, -0.15) is 13.2 Å². The lowest BCUT2D eigenvalue weighted by Gasteiger charge is -2.10. The van der Waals surface area contributed by atoms with Gasteiger partial charge < -0.3 is 9.47 Å². The van der Waals surface area contributed by atoms with Crippen molar-refractivity contribution in [1.82, 2.24) is 0 Å². The minimum absolute atomic E-state index is 0.159. The Morgan fingerprint density at radius 3 is 2.50 bits per heavy atom. The number of hydrogen-bond acceptors (Lipinski definition) is 5. The van der Waals surface area contributed by atoms with Crippen LogP contribution in [0.25, 0.3) is 6.08 Å². The third-order valence-corrected chi connectivity index (χ3v) is 2.01. The number of rotatable bonds is 4. The molecule has 1 aromatic rings. The van der Waals surface area contributed by atoms with Gasteiger partial charge in [-0.25, -0.2) is 4.79 Å². The second-order valence-corrected chi connectivity index (χ2v) is 3.40. The van der Waals surface area contributed by atoms with Crippen molar-refractivity contribution in [3.05, 3.63) is 40.1 Å². The van der Waals surface area contributed by atoms with Crippen molar-refractivity contribution >= 4 is 12.0 Å². The first-order valence-corrected chi connectivity index (χ1v) is 5.03. The molecule has 0 aliphatic carbocycles. The molecule has 6 nitrogen and oxygen atoms in total. The van der Waals surface area contributed by atoms with Crippen LogP contribution in [0.5, 0.6) is 11.5 Å². The van der Waals surface area contributed by atoms with Crippen molar-refractivity contribution in [3.63, 3.8) is 0 Å². The van der Waals surface area contributed by atoms with Gasteiger partial charge in [-0.05, 0) is 17.7 Å². The molecule has 0 spiro atoms. The normalized spacial score (nSPS) is 11.4. The maximum absolute atomic E-state index is 12.1. The van der Waals surface area contributed by atoms with Crippen LogP contribution in [0.2, 0.25) is 0 Å². The zero-order valence-corrected chi connectivity index (χ0v) is 10.0. The number of hydrogen-bond donors (Lipinski definition) is 0. The molecule has 0 fully saturated rings. The summed E-state index contributed by atoms with van der Waals surface area (Å²) in [5, 5.41) is 10.1. The summed E-state index contributed by atoms with van der Waals surface area (Å²) in [7, 11) is 1.15. The predicted molar refractivity (Wildman–Crippen MR) is 60.7 cm³/mol. The fraction of sp³-hybridized carbons (Fsp3) is 0.182.